The lowest BCUT2D eigenvalue weighted by molar-refractivity contribution is -0.140. The first-order valence-corrected chi connectivity index (χ1v) is 8.63. The summed E-state index contributed by atoms with van der Waals surface area (Å²) in [5.41, 5.74) is 9.09. The van der Waals surface area contributed by atoms with E-state index >= 15 is 0 Å². The van der Waals surface area contributed by atoms with Gasteiger partial charge in [-0.3, -0.25) is 10.2 Å². The number of fused-ring (bicyclic) bond motifs is 5. The molecular formula is C18H15F3N6. The SMILES string of the molecule is Nc1cc2[nH]ncc2c2c3c(c(-c4c[nH]nc4C(F)(F)F)nc12)CCCC3. The first-order valence-electron chi connectivity index (χ1n) is 8.63. The van der Waals surface area contributed by atoms with Crippen molar-refractivity contribution in [3.8, 4) is 11.3 Å². The molecule has 3 aromatic heterocycles. The molecule has 1 aliphatic carbocycles. The standard InChI is InChI=1S/C18H15F3N6/c19-18(20,21)17-11(7-24-27-17)15-9-4-2-1-3-8(9)14-10-6-23-26-13(10)5-12(22)16(14)25-15/h5-7H,1-4,22H2,(H,23,26)(H,24,27). The molecule has 9 heteroatoms. The fourth-order valence-corrected chi connectivity index (χ4v) is 4.06. The zero-order valence-corrected chi connectivity index (χ0v) is 14.1. The summed E-state index contributed by atoms with van der Waals surface area (Å²) in [6, 6.07) is 1.72. The number of halogens is 3. The molecule has 0 radical (unpaired) electrons. The van der Waals surface area contributed by atoms with Gasteiger partial charge in [-0.1, -0.05) is 0 Å². The summed E-state index contributed by atoms with van der Waals surface area (Å²) in [5, 5.41) is 14.5. The number of pyridine rings is 1. The van der Waals surface area contributed by atoms with Crippen molar-refractivity contribution in [2.75, 3.05) is 5.73 Å². The lowest BCUT2D eigenvalue weighted by Crippen LogP contribution is -2.12. The van der Waals surface area contributed by atoms with Crippen LogP contribution in [0.3, 0.4) is 0 Å². The Morgan fingerprint density at radius 2 is 1.89 bits per heavy atom. The third-order valence-electron chi connectivity index (χ3n) is 5.19. The van der Waals surface area contributed by atoms with Crippen LogP contribution in [0.15, 0.2) is 18.5 Å². The number of alkyl halides is 3. The van der Waals surface area contributed by atoms with Crippen molar-refractivity contribution < 1.29 is 13.2 Å². The van der Waals surface area contributed by atoms with E-state index < -0.39 is 11.9 Å². The van der Waals surface area contributed by atoms with E-state index in [9.17, 15) is 13.2 Å². The minimum absolute atomic E-state index is 0.0331. The maximum Gasteiger partial charge on any atom is 0.435 e. The van der Waals surface area contributed by atoms with E-state index in [2.05, 4.69) is 25.4 Å². The number of hydrogen-bond donors (Lipinski definition) is 3. The van der Waals surface area contributed by atoms with Gasteiger partial charge in [0.2, 0.25) is 0 Å². The summed E-state index contributed by atoms with van der Waals surface area (Å²) in [4.78, 5) is 4.61. The molecule has 27 heavy (non-hydrogen) atoms. The molecule has 4 N–H and O–H groups in total. The highest BCUT2D eigenvalue weighted by molar-refractivity contribution is 6.12. The molecule has 0 saturated heterocycles. The molecule has 1 aromatic carbocycles. The number of aromatic nitrogens is 5. The molecule has 0 saturated carbocycles. The second-order valence-electron chi connectivity index (χ2n) is 6.79. The van der Waals surface area contributed by atoms with Crippen LogP contribution >= 0.6 is 0 Å². The van der Waals surface area contributed by atoms with E-state index in [1.54, 1.807) is 12.3 Å². The minimum Gasteiger partial charge on any atom is -0.397 e. The number of benzene rings is 1. The smallest absolute Gasteiger partial charge is 0.397 e. The van der Waals surface area contributed by atoms with Crippen LogP contribution in [0.2, 0.25) is 0 Å². The number of nitrogens with one attached hydrogen (secondary N) is 2. The molecule has 1 aliphatic rings. The van der Waals surface area contributed by atoms with Crippen molar-refractivity contribution in [1.29, 1.82) is 0 Å². The van der Waals surface area contributed by atoms with E-state index in [0.717, 1.165) is 46.7 Å². The van der Waals surface area contributed by atoms with Crippen molar-refractivity contribution in [3.05, 3.63) is 35.3 Å². The van der Waals surface area contributed by atoms with Crippen LogP contribution in [0, 0.1) is 0 Å². The molecular weight excluding hydrogens is 357 g/mol. The third kappa shape index (κ3) is 2.30. The number of aromatic amines is 2. The van der Waals surface area contributed by atoms with Gasteiger partial charge in [-0.25, -0.2) is 4.98 Å². The zero-order valence-electron chi connectivity index (χ0n) is 14.1. The zero-order chi connectivity index (χ0) is 18.8. The van der Waals surface area contributed by atoms with Gasteiger partial charge in [-0.05, 0) is 42.9 Å². The van der Waals surface area contributed by atoms with Crippen LogP contribution in [0.4, 0.5) is 18.9 Å². The number of anilines is 1. The molecule has 0 fully saturated rings. The van der Waals surface area contributed by atoms with Crippen molar-refractivity contribution in [1.82, 2.24) is 25.4 Å². The van der Waals surface area contributed by atoms with Crippen molar-refractivity contribution in [2.45, 2.75) is 31.9 Å². The number of nitrogens with zero attached hydrogens (tertiary/aromatic N) is 3. The fraction of sp³-hybridized carbons (Fsp3) is 0.278. The van der Waals surface area contributed by atoms with Gasteiger partial charge in [0.25, 0.3) is 0 Å². The molecule has 138 valence electrons. The molecule has 0 aliphatic heterocycles. The predicted molar refractivity (Wildman–Crippen MR) is 95.0 cm³/mol. The second kappa shape index (κ2) is 5.45. The summed E-state index contributed by atoms with van der Waals surface area (Å²) >= 11 is 0. The molecule has 0 bridgehead atoms. The van der Waals surface area contributed by atoms with Gasteiger partial charge in [0.1, 0.15) is 0 Å². The third-order valence-corrected chi connectivity index (χ3v) is 5.19. The lowest BCUT2D eigenvalue weighted by atomic mass is 9.85. The molecule has 6 nitrogen and oxygen atoms in total. The number of aryl methyl sites for hydroxylation is 1. The summed E-state index contributed by atoms with van der Waals surface area (Å²) in [6.45, 7) is 0. The van der Waals surface area contributed by atoms with Crippen LogP contribution in [0.25, 0.3) is 33.1 Å². The predicted octanol–water partition coefficient (Wildman–Crippen LogP) is 3.98. The minimum atomic E-state index is -4.56. The maximum absolute atomic E-state index is 13.4. The number of H-pyrrole nitrogens is 2. The first-order chi connectivity index (χ1) is 12.9. The molecule has 5 rings (SSSR count). The Morgan fingerprint density at radius 3 is 2.67 bits per heavy atom. The molecule has 0 atom stereocenters. The highest BCUT2D eigenvalue weighted by atomic mass is 19.4. The largest absolute Gasteiger partial charge is 0.435 e. The van der Waals surface area contributed by atoms with Crippen LogP contribution in [0.1, 0.15) is 29.7 Å². The van der Waals surface area contributed by atoms with Gasteiger partial charge in [0.05, 0.1) is 34.2 Å². The normalized spacial score (nSPS) is 14.8. The number of hydrogen-bond acceptors (Lipinski definition) is 4. The molecule has 0 unspecified atom stereocenters. The summed E-state index contributed by atoms with van der Waals surface area (Å²) in [6.07, 6.45) is 1.73. The van der Waals surface area contributed by atoms with Crippen molar-refractivity contribution in [3.63, 3.8) is 0 Å². The Morgan fingerprint density at radius 1 is 1.11 bits per heavy atom. The Bertz CT molecular complexity index is 1190. The van der Waals surface area contributed by atoms with Crippen LogP contribution in [-0.4, -0.2) is 25.4 Å². The monoisotopic (exact) mass is 372 g/mol. The van der Waals surface area contributed by atoms with Gasteiger partial charge in [0, 0.05) is 17.0 Å². The van der Waals surface area contributed by atoms with Gasteiger partial charge in [0.15, 0.2) is 5.69 Å². The van der Waals surface area contributed by atoms with Gasteiger partial charge < -0.3 is 5.73 Å². The van der Waals surface area contributed by atoms with E-state index in [-0.39, 0.29) is 5.56 Å². The Labute approximate surface area is 151 Å². The van der Waals surface area contributed by atoms with Crippen molar-refractivity contribution in [2.24, 2.45) is 0 Å². The van der Waals surface area contributed by atoms with Crippen LogP contribution in [0.5, 0.6) is 0 Å². The first kappa shape index (κ1) is 16.1. The van der Waals surface area contributed by atoms with E-state index in [1.807, 2.05) is 0 Å². The van der Waals surface area contributed by atoms with Gasteiger partial charge in [-0.15, -0.1) is 0 Å². The van der Waals surface area contributed by atoms with E-state index in [1.165, 1.54) is 6.20 Å². The average molecular weight is 372 g/mol. The van der Waals surface area contributed by atoms with Gasteiger partial charge in [-0.2, -0.15) is 23.4 Å². The Balaban J connectivity index is 1.91. The molecule has 0 spiro atoms. The molecule has 4 aromatic rings. The van der Waals surface area contributed by atoms with Gasteiger partial charge >= 0.3 is 6.18 Å². The summed E-state index contributed by atoms with van der Waals surface area (Å²) in [7, 11) is 0. The number of nitrogen functional groups attached to an aromatic ring is 1. The van der Waals surface area contributed by atoms with Crippen molar-refractivity contribution >= 4 is 27.5 Å². The van der Waals surface area contributed by atoms with E-state index in [4.69, 9.17) is 5.73 Å². The lowest BCUT2D eigenvalue weighted by Gasteiger charge is -2.22. The number of rotatable bonds is 1. The summed E-state index contributed by atoms with van der Waals surface area (Å²) < 4.78 is 40.2. The molecule has 3 heterocycles. The topological polar surface area (TPSA) is 96.3 Å². The Kier molecular flexibility index (Phi) is 3.25. The van der Waals surface area contributed by atoms with Crippen LogP contribution in [-0.2, 0) is 19.0 Å². The Hall–Kier alpha value is -3.10. The average Bonchev–Trinajstić information content (AvgIpc) is 3.29. The quantitative estimate of drug-likeness (QED) is 0.440. The highest BCUT2D eigenvalue weighted by Crippen LogP contribution is 2.42. The molecule has 0 amide bonds. The van der Waals surface area contributed by atoms with Crippen LogP contribution < -0.4 is 5.73 Å². The summed E-state index contributed by atoms with van der Waals surface area (Å²) in [5.74, 6) is 0. The van der Waals surface area contributed by atoms with E-state index in [0.29, 0.717) is 23.3 Å². The maximum atomic E-state index is 13.4. The highest BCUT2D eigenvalue weighted by Gasteiger charge is 2.38. The number of nitrogens with two attached hydrogens (primary N) is 1. The fourth-order valence-electron chi connectivity index (χ4n) is 4.06. The second-order valence-corrected chi connectivity index (χ2v) is 6.79.